The summed E-state index contributed by atoms with van der Waals surface area (Å²) < 4.78 is 1.44. The van der Waals surface area contributed by atoms with E-state index in [1.165, 1.54) is 17.5 Å². The Morgan fingerprint density at radius 3 is 2.94 bits per heavy atom. The fourth-order valence-electron chi connectivity index (χ4n) is 1.98. The molecular formula is C10H16N4O2. The molecule has 0 unspecified atom stereocenters. The molecule has 1 aliphatic carbocycles. The SMILES string of the molecule is O=C(Cn1cc(CO)nn1)NC1CCCC1. The van der Waals surface area contributed by atoms with Gasteiger partial charge >= 0.3 is 0 Å². The maximum absolute atomic E-state index is 11.6. The Morgan fingerprint density at radius 1 is 1.56 bits per heavy atom. The quantitative estimate of drug-likeness (QED) is 0.744. The van der Waals surface area contributed by atoms with Gasteiger partial charge in [-0.25, -0.2) is 4.68 Å². The van der Waals surface area contributed by atoms with Crippen LogP contribution in [0.1, 0.15) is 31.4 Å². The van der Waals surface area contributed by atoms with Crippen LogP contribution in [-0.2, 0) is 17.9 Å². The van der Waals surface area contributed by atoms with Crippen LogP contribution in [0.4, 0.5) is 0 Å². The summed E-state index contributed by atoms with van der Waals surface area (Å²) in [4.78, 5) is 11.6. The molecule has 88 valence electrons. The average molecular weight is 224 g/mol. The molecule has 1 heterocycles. The smallest absolute Gasteiger partial charge is 0.242 e. The summed E-state index contributed by atoms with van der Waals surface area (Å²) >= 11 is 0. The molecule has 1 aliphatic rings. The number of hydrogen-bond donors (Lipinski definition) is 2. The third-order valence-electron chi connectivity index (χ3n) is 2.77. The lowest BCUT2D eigenvalue weighted by Gasteiger charge is -2.11. The van der Waals surface area contributed by atoms with E-state index in [0.29, 0.717) is 11.7 Å². The molecule has 6 nitrogen and oxygen atoms in total. The first kappa shape index (κ1) is 11.1. The number of rotatable bonds is 4. The summed E-state index contributed by atoms with van der Waals surface area (Å²) in [6, 6.07) is 0.327. The van der Waals surface area contributed by atoms with Crippen molar-refractivity contribution < 1.29 is 9.90 Å². The maximum atomic E-state index is 11.6. The monoisotopic (exact) mass is 224 g/mol. The molecule has 2 rings (SSSR count). The minimum Gasteiger partial charge on any atom is -0.390 e. The van der Waals surface area contributed by atoms with Crippen molar-refractivity contribution in [2.45, 2.75) is 44.9 Å². The minimum absolute atomic E-state index is 0.0405. The van der Waals surface area contributed by atoms with E-state index >= 15 is 0 Å². The maximum Gasteiger partial charge on any atom is 0.242 e. The summed E-state index contributed by atoms with van der Waals surface area (Å²) in [6.45, 7) is 0.0216. The largest absolute Gasteiger partial charge is 0.390 e. The van der Waals surface area contributed by atoms with Crippen molar-refractivity contribution in [3.8, 4) is 0 Å². The average Bonchev–Trinajstić information content (AvgIpc) is 2.89. The summed E-state index contributed by atoms with van der Waals surface area (Å²) in [5, 5.41) is 19.2. The lowest BCUT2D eigenvalue weighted by Crippen LogP contribution is -2.35. The molecule has 6 heteroatoms. The standard InChI is InChI=1S/C10H16N4O2/c15-7-9-5-14(13-12-9)6-10(16)11-8-3-1-2-4-8/h5,8,15H,1-4,6-7H2,(H,11,16). The van der Waals surface area contributed by atoms with Gasteiger partial charge in [-0.05, 0) is 12.8 Å². The number of amides is 1. The molecular weight excluding hydrogens is 208 g/mol. The van der Waals surface area contributed by atoms with Crippen LogP contribution in [0.25, 0.3) is 0 Å². The molecule has 16 heavy (non-hydrogen) atoms. The Bertz CT molecular complexity index is 357. The molecule has 0 radical (unpaired) electrons. The fourth-order valence-corrected chi connectivity index (χ4v) is 1.98. The minimum atomic E-state index is -0.149. The summed E-state index contributed by atoms with van der Waals surface area (Å²) in [7, 11) is 0. The van der Waals surface area contributed by atoms with E-state index in [-0.39, 0.29) is 19.1 Å². The van der Waals surface area contributed by atoms with Crippen molar-refractivity contribution in [1.29, 1.82) is 0 Å². The normalized spacial score (nSPS) is 16.6. The van der Waals surface area contributed by atoms with Gasteiger partial charge in [-0.1, -0.05) is 18.1 Å². The molecule has 0 saturated heterocycles. The molecule has 0 spiro atoms. The lowest BCUT2D eigenvalue weighted by molar-refractivity contribution is -0.122. The van der Waals surface area contributed by atoms with Crippen LogP contribution in [0, 0.1) is 0 Å². The van der Waals surface area contributed by atoms with E-state index in [9.17, 15) is 4.79 Å². The van der Waals surface area contributed by atoms with E-state index in [4.69, 9.17) is 5.11 Å². The Kier molecular flexibility index (Phi) is 3.51. The zero-order valence-corrected chi connectivity index (χ0v) is 9.09. The van der Waals surface area contributed by atoms with Crippen molar-refractivity contribution >= 4 is 5.91 Å². The molecule has 1 aromatic rings. The second-order valence-electron chi connectivity index (χ2n) is 4.11. The third-order valence-corrected chi connectivity index (χ3v) is 2.77. The predicted molar refractivity (Wildman–Crippen MR) is 56.3 cm³/mol. The highest BCUT2D eigenvalue weighted by Gasteiger charge is 2.17. The van der Waals surface area contributed by atoms with Gasteiger partial charge in [-0.3, -0.25) is 4.79 Å². The molecule has 0 aliphatic heterocycles. The first-order valence-electron chi connectivity index (χ1n) is 5.57. The van der Waals surface area contributed by atoms with Crippen molar-refractivity contribution in [1.82, 2.24) is 20.3 Å². The second kappa shape index (κ2) is 5.07. The molecule has 0 aromatic carbocycles. The molecule has 0 bridgehead atoms. The Labute approximate surface area is 93.6 Å². The van der Waals surface area contributed by atoms with Crippen molar-refractivity contribution in [2.24, 2.45) is 0 Å². The summed E-state index contributed by atoms with van der Waals surface area (Å²) in [6.07, 6.45) is 6.12. The molecule has 0 atom stereocenters. The zero-order valence-electron chi connectivity index (χ0n) is 9.09. The van der Waals surface area contributed by atoms with E-state index in [0.717, 1.165) is 12.8 Å². The van der Waals surface area contributed by atoms with Gasteiger partial charge in [0.05, 0.1) is 12.8 Å². The van der Waals surface area contributed by atoms with Crippen LogP contribution in [0.3, 0.4) is 0 Å². The van der Waals surface area contributed by atoms with Crippen LogP contribution in [0.5, 0.6) is 0 Å². The highest BCUT2D eigenvalue weighted by atomic mass is 16.3. The van der Waals surface area contributed by atoms with E-state index in [1.54, 1.807) is 6.20 Å². The van der Waals surface area contributed by atoms with Gasteiger partial charge in [-0.15, -0.1) is 5.10 Å². The number of aliphatic hydroxyl groups is 1. The Balaban J connectivity index is 1.81. The van der Waals surface area contributed by atoms with Gasteiger partial charge in [0.2, 0.25) is 5.91 Å². The van der Waals surface area contributed by atoms with Crippen LogP contribution >= 0.6 is 0 Å². The number of carbonyl (C=O) groups is 1. The van der Waals surface area contributed by atoms with E-state index in [2.05, 4.69) is 15.6 Å². The number of nitrogens with zero attached hydrogens (tertiary/aromatic N) is 3. The van der Waals surface area contributed by atoms with E-state index < -0.39 is 0 Å². The van der Waals surface area contributed by atoms with E-state index in [1.807, 2.05) is 0 Å². The van der Waals surface area contributed by atoms with Gasteiger partial charge in [-0.2, -0.15) is 0 Å². The lowest BCUT2D eigenvalue weighted by atomic mass is 10.2. The van der Waals surface area contributed by atoms with Crippen molar-refractivity contribution in [3.05, 3.63) is 11.9 Å². The second-order valence-corrected chi connectivity index (χ2v) is 4.11. The molecule has 1 amide bonds. The number of aliphatic hydroxyl groups excluding tert-OH is 1. The highest BCUT2D eigenvalue weighted by molar-refractivity contribution is 5.75. The Hall–Kier alpha value is -1.43. The molecule has 2 N–H and O–H groups in total. The molecule has 1 fully saturated rings. The van der Waals surface area contributed by atoms with Crippen molar-refractivity contribution in [2.75, 3.05) is 0 Å². The van der Waals surface area contributed by atoms with Gasteiger partial charge in [0.15, 0.2) is 0 Å². The van der Waals surface area contributed by atoms with Crippen LogP contribution in [0.15, 0.2) is 6.20 Å². The number of carbonyl (C=O) groups excluding carboxylic acids is 1. The summed E-state index contributed by atoms with van der Waals surface area (Å²) in [5.41, 5.74) is 0.480. The number of hydrogen-bond acceptors (Lipinski definition) is 4. The summed E-state index contributed by atoms with van der Waals surface area (Å²) in [5.74, 6) is -0.0405. The first-order valence-corrected chi connectivity index (χ1v) is 5.57. The Morgan fingerprint density at radius 2 is 2.31 bits per heavy atom. The molecule has 1 aromatic heterocycles. The first-order chi connectivity index (χ1) is 7.78. The van der Waals surface area contributed by atoms with Crippen molar-refractivity contribution in [3.63, 3.8) is 0 Å². The van der Waals surface area contributed by atoms with Gasteiger partial charge in [0.25, 0.3) is 0 Å². The molecule has 1 saturated carbocycles. The van der Waals surface area contributed by atoms with Crippen LogP contribution in [0.2, 0.25) is 0 Å². The predicted octanol–water partition coefficient (Wildman–Crippen LogP) is -0.171. The third kappa shape index (κ3) is 2.79. The number of nitrogens with one attached hydrogen (secondary N) is 1. The van der Waals surface area contributed by atoms with Crippen LogP contribution in [-0.4, -0.2) is 32.0 Å². The van der Waals surface area contributed by atoms with Gasteiger partial charge in [0.1, 0.15) is 12.2 Å². The van der Waals surface area contributed by atoms with Gasteiger partial charge < -0.3 is 10.4 Å². The van der Waals surface area contributed by atoms with Crippen LogP contribution < -0.4 is 5.32 Å². The fraction of sp³-hybridized carbons (Fsp3) is 0.700. The zero-order chi connectivity index (χ0) is 11.4. The highest BCUT2D eigenvalue weighted by Crippen LogP contribution is 2.17. The number of aromatic nitrogens is 3. The topological polar surface area (TPSA) is 80.0 Å². The van der Waals surface area contributed by atoms with Gasteiger partial charge in [0, 0.05) is 6.04 Å².